The Kier molecular flexibility index (Phi) is 3.53. The van der Waals surface area contributed by atoms with Crippen molar-refractivity contribution >= 4 is 23.1 Å². The molecule has 6 heteroatoms. The van der Waals surface area contributed by atoms with Crippen LogP contribution in [0.25, 0.3) is 0 Å². The van der Waals surface area contributed by atoms with Gasteiger partial charge >= 0.3 is 0 Å². The first-order valence-electron chi connectivity index (χ1n) is 5.43. The largest absolute Gasteiger partial charge is 0.391 e. The molecule has 0 saturated carbocycles. The molecule has 1 unspecified atom stereocenters. The first-order valence-corrected chi connectivity index (χ1v) is 5.81. The smallest absolute Gasteiger partial charge is 0.276 e. The van der Waals surface area contributed by atoms with Crippen molar-refractivity contribution in [3.8, 4) is 0 Å². The number of hydrogen-bond donors (Lipinski definition) is 3. The Balaban J connectivity index is 2.21. The molecule has 4 N–H and O–H groups in total. The fraction of sp³-hybridized carbons (Fsp3) is 0.167. The highest BCUT2D eigenvalue weighted by Gasteiger charge is 2.09. The SMILES string of the molecule is CC(Nc1nc[nH]c(=O)c1N)c1ccc(Cl)cc1. The van der Waals surface area contributed by atoms with Gasteiger partial charge in [0.05, 0.1) is 12.4 Å². The summed E-state index contributed by atoms with van der Waals surface area (Å²) in [6.45, 7) is 1.95. The minimum atomic E-state index is -0.351. The highest BCUT2D eigenvalue weighted by Crippen LogP contribution is 2.21. The molecule has 94 valence electrons. The molecule has 1 aromatic heterocycles. The number of aromatic nitrogens is 2. The maximum atomic E-state index is 11.3. The monoisotopic (exact) mass is 264 g/mol. The lowest BCUT2D eigenvalue weighted by molar-refractivity contribution is 0.871. The number of rotatable bonds is 3. The summed E-state index contributed by atoms with van der Waals surface area (Å²) in [5.41, 5.74) is 6.40. The lowest BCUT2D eigenvalue weighted by Gasteiger charge is -2.15. The van der Waals surface area contributed by atoms with Gasteiger partial charge in [0.25, 0.3) is 5.56 Å². The highest BCUT2D eigenvalue weighted by atomic mass is 35.5. The van der Waals surface area contributed by atoms with Crippen LogP contribution < -0.4 is 16.6 Å². The first kappa shape index (κ1) is 12.4. The number of nitrogens with one attached hydrogen (secondary N) is 2. The van der Waals surface area contributed by atoms with Crippen LogP contribution in [-0.4, -0.2) is 9.97 Å². The van der Waals surface area contributed by atoms with E-state index in [4.69, 9.17) is 17.3 Å². The number of halogens is 1. The summed E-state index contributed by atoms with van der Waals surface area (Å²) in [4.78, 5) is 17.7. The van der Waals surface area contributed by atoms with Gasteiger partial charge in [0, 0.05) is 5.02 Å². The third kappa shape index (κ3) is 2.62. The Morgan fingerprint density at radius 1 is 1.39 bits per heavy atom. The molecule has 0 fully saturated rings. The van der Waals surface area contributed by atoms with Crippen LogP contribution in [0.1, 0.15) is 18.5 Å². The predicted octanol–water partition coefficient (Wildman–Crippen LogP) is 2.18. The normalized spacial score (nSPS) is 12.1. The first-order chi connectivity index (χ1) is 8.58. The summed E-state index contributed by atoms with van der Waals surface area (Å²) in [7, 11) is 0. The second kappa shape index (κ2) is 5.10. The van der Waals surface area contributed by atoms with E-state index in [0.29, 0.717) is 10.8 Å². The molecule has 1 aromatic carbocycles. The van der Waals surface area contributed by atoms with Gasteiger partial charge in [-0.25, -0.2) is 4.98 Å². The number of anilines is 2. The van der Waals surface area contributed by atoms with Crippen LogP contribution in [0.2, 0.25) is 5.02 Å². The summed E-state index contributed by atoms with van der Waals surface area (Å²) >= 11 is 5.82. The van der Waals surface area contributed by atoms with Gasteiger partial charge in [-0.1, -0.05) is 23.7 Å². The number of aromatic amines is 1. The molecule has 0 aliphatic rings. The summed E-state index contributed by atoms with van der Waals surface area (Å²) in [5.74, 6) is 0.376. The lowest BCUT2D eigenvalue weighted by Crippen LogP contribution is -2.17. The number of H-pyrrole nitrogens is 1. The van der Waals surface area contributed by atoms with Gasteiger partial charge in [0.2, 0.25) is 0 Å². The van der Waals surface area contributed by atoms with Crippen molar-refractivity contribution in [2.75, 3.05) is 11.1 Å². The van der Waals surface area contributed by atoms with Gasteiger partial charge in [0.1, 0.15) is 5.69 Å². The van der Waals surface area contributed by atoms with E-state index >= 15 is 0 Å². The number of benzene rings is 1. The zero-order valence-corrected chi connectivity index (χ0v) is 10.5. The summed E-state index contributed by atoms with van der Waals surface area (Å²) in [5, 5.41) is 3.77. The fourth-order valence-electron chi connectivity index (χ4n) is 1.57. The third-order valence-electron chi connectivity index (χ3n) is 2.61. The fourth-order valence-corrected chi connectivity index (χ4v) is 1.69. The number of nitrogens with two attached hydrogens (primary N) is 1. The third-order valence-corrected chi connectivity index (χ3v) is 2.86. The summed E-state index contributed by atoms with van der Waals surface area (Å²) in [6.07, 6.45) is 1.32. The molecule has 5 nitrogen and oxygen atoms in total. The molecule has 18 heavy (non-hydrogen) atoms. The Hall–Kier alpha value is -2.01. The maximum Gasteiger partial charge on any atom is 0.276 e. The zero-order chi connectivity index (χ0) is 13.1. The number of nitrogen functional groups attached to an aromatic ring is 1. The van der Waals surface area contributed by atoms with Gasteiger partial charge < -0.3 is 16.0 Å². The van der Waals surface area contributed by atoms with Gasteiger partial charge in [-0.3, -0.25) is 4.79 Å². The molecule has 0 amide bonds. The van der Waals surface area contributed by atoms with Crippen molar-refractivity contribution in [1.29, 1.82) is 0 Å². The highest BCUT2D eigenvalue weighted by molar-refractivity contribution is 6.30. The van der Waals surface area contributed by atoms with Crippen LogP contribution in [0.4, 0.5) is 11.5 Å². The molecule has 0 saturated heterocycles. The molecular formula is C12H13ClN4O. The minimum absolute atomic E-state index is 0.0288. The van der Waals surface area contributed by atoms with E-state index < -0.39 is 0 Å². The van der Waals surface area contributed by atoms with Crippen molar-refractivity contribution < 1.29 is 0 Å². The molecule has 0 aliphatic heterocycles. The Morgan fingerprint density at radius 2 is 2.06 bits per heavy atom. The maximum absolute atomic E-state index is 11.3. The molecule has 1 heterocycles. The average molecular weight is 265 g/mol. The Morgan fingerprint density at radius 3 is 2.72 bits per heavy atom. The van der Waals surface area contributed by atoms with Gasteiger partial charge in [0.15, 0.2) is 5.82 Å². The molecule has 0 aliphatic carbocycles. The van der Waals surface area contributed by atoms with Crippen LogP contribution in [0.5, 0.6) is 0 Å². The van der Waals surface area contributed by atoms with Crippen LogP contribution in [0, 0.1) is 0 Å². The predicted molar refractivity (Wildman–Crippen MR) is 72.8 cm³/mol. The van der Waals surface area contributed by atoms with Crippen LogP contribution >= 0.6 is 11.6 Å². The standard InChI is InChI=1S/C12H13ClN4O/c1-7(8-2-4-9(13)5-3-8)17-11-10(14)12(18)16-6-15-11/h2-7H,14H2,1H3,(H2,15,16,17,18). The van der Waals surface area contributed by atoms with Crippen molar-refractivity contribution in [2.45, 2.75) is 13.0 Å². The van der Waals surface area contributed by atoms with Crippen LogP contribution in [0.3, 0.4) is 0 Å². The molecular weight excluding hydrogens is 252 g/mol. The minimum Gasteiger partial charge on any atom is -0.391 e. The average Bonchev–Trinajstić information content (AvgIpc) is 2.36. The summed E-state index contributed by atoms with van der Waals surface area (Å²) in [6, 6.07) is 7.40. The second-order valence-corrected chi connectivity index (χ2v) is 4.35. The molecule has 1 atom stereocenters. The van der Waals surface area contributed by atoms with Gasteiger partial charge in [-0.2, -0.15) is 0 Å². The Labute approximate surface area is 109 Å². The Bertz CT molecular complexity index is 594. The van der Waals surface area contributed by atoms with E-state index in [2.05, 4.69) is 15.3 Å². The quantitative estimate of drug-likeness (QED) is 0.793. The molecule has 0 bridgehead atoms. The van der Waals surface area contributed by atoms with E-state index in [0.717, 1.165) is 5.56 Å². The van der Waals surface area contributed by atoms with Crippen LogP contribution in [0.15, 0.2) is 35.4 Å². The molecule has 2 rings (SSSR count). The molecule has 2 aromatic rings. The van der Waals surface area contributed by atoms with E-state index in [1.54, 1.807) is 0 Å². The van der Waals surface area contributed by atoms with E-state index in [1.165, 1.54) is 6.33 Å². The number of nitrogens with zero attached hydrogens (tertiary/aromatic N) is 1. The van der Waals surface area contributed by atoms with Crippen LogP contribution in [-0.2, 0) is 0 Å². The summed E-state index contributed by atoms with van der Waals surface area (Å²) < 4.78 is 0. The van der Waals surface area contributed by atoms with Crippen molar-refractivity contribution in [3.63, 3.8) is 0 Å². The lowest BCUT2D eigenvalue weighted by atomic mass is 10.1. The number of hydrogen-bond acceptors (Lipinski definition) is 4. The van der Waals surface area contributed by atoms with Gasteiger partial charge in [-0.05, 0) is 24.6 Å². The van der Waals surface area contributed by atoms with Gasteiger partial charge in [-0.15, -0.1) is 0 Å². The van der Waals surface area contributed by atoms with Crippen molar-refractivity contribution in [2.24, 2.45) is 0 Å². The van der Waals surface area contributed by atoms with E-state index in [-0.39, 0.29) is 17.3 Å². The topological polar surface area (TPSA) is 83.8 Å². The second-order valence-electron chi connectivity index (χ2n) is 3.91. The van der Waals surface area contributed by atoms with E-state index in [1.807, 2.05) is 31.2 Å². The van der Waals surface area contributed by atoms with E-state index in [9.17, 15) is 4.79 Å². The van der Waals surface area contributed by atoms with Crippen molar-refractivity contribution in [3.05, 3.63) is 51.5 Å². The van der Waals surface area contributed by atoms with Crippen molar-refractivity contribution in [1.82, 2.24) is 9.97 Å². The molecule has 0 spiro atoms. The molecule has 0 radical (unpaired) electrons. The zero-order valence-electron chi connectivity index (χ0n) is 9.77.